The predicted molar refractivity (Wildman–Crippen MR) is 77.5 cm³/mol. The van der Waals surface area contributed by atoms with Crippen LogP contribution in [0.3, 0.4) is 0 Å². The third kappa shape index (κ3) is 2.96. The molecule has 0 atom stereocenters. The van der Waals surface area contributed by atoms with Crippen molar-refractivity contribution < 1.29 is 18.8 Å². The number of carbonyl (C=O) groups is 2. The van der Waals surface area contributed by atoms with Crippen molar-refractivity contribution in [3.05, 3.63) is 46.9 Å². The molecule has 7 nitrogen and oxygen atoms in total. The molecule has 3 aromatic heterocycles. The molecule has 0 spiro atoms. The first kappa shape index (κ1) is 14.2. The fourth-order valence-corrected chi connectivity index (χ4v) is 2.39. The van der Waals surface area contributed by atoms with Crippen molar-refractivity contribution >= 4 is 23.1 Å². The summed E-state index contributed by atoms with van der Waals surface area (Å²) in [6, 6.07) is 5.19. The van der Waals surface area contributed by atoms with Gasteiger partial charge in [-0.3, -0.25) is 4.79 Å². The zero-order chi connectivity index (χ0) is 15.5. The molecule has 0 amide bonds. The van der Waals surface area contributed by atoms with Crippen LogP contribution in [0.15, 0.2) is 34.3 Å². The number of aromatic amines is 1. The Kier molecular flexibility index (Phi) is 3.84. The van der Waals surface area contributed by atoms with Gasteiger partial charge in [0, 0.05) is 11.8 Å². The number of carbonyl (C=O) groups excluding carboxylic acids is 2. The van der Waals surface area contributed by atoms with E-state index in [-0.39, 0.29) is 24.0 Å². The lowest BCUT2D eigenvalue weighted by atomic mass is 10.2. The number of thiophene rings is 1. The van der Waals surface area contributed by atoms with E-state index in [9.17, 15) is 9.59 Å². The Balaban J connectivity index is 1.62. The van der Waals surface area contributed by atoms with Gasteiger partial charge in [0.15, 0.2) is 12.4 Å². The Hall–Kier alpha value is -2.74. The van der Waals surface area contributed by atoms with Gasteiger partial charge in [0.1, 0.15) is 5.69 Å². The van der Waals surface area contributed by atoms with Crippen molar-refractivity contribution in [2.75, 3.05) is 0 Å². The van der Waals surface area contributed by atoms with Gasteiger partial charge in [0.2, 0.25) is 5.82 Å². The highest BCUT2D eigenvalue weighted by Gasteiger charge is 2.15. The minimum absolute atomic E-state index is 0.132. The predicted octanol–water partition coefficient (Wildman–Crippen LogP) is 2.69. The number of hydrogen-bond acceptors (Lipinski definition) is 7. The Morgan fingerprint density at radius 1 is 1.45 bits per heavy atom. The topological polar surface area (TPSA) is 98.1 Å². The Morgan fingerprint density at radius 2 is 2.32 bits per heavy atom. The highest BCUT2D eigenvalue weighted by molar-refractivity contribution is 7.13. The molecule has 0 aliphatic rings. The standard InChI is InChI=1S/C14H11N3O4S/c1-8(18)9-5-10(15-6-9)14(19)20-7-12-16-13(17-21-12)11-3-2-4-22-11/h2-6,15H,7H2,1H3. The summed E-state index contributed by atoms with van der Waals surface area (Å²) in [6.07, 6.45) is 1.46. The van der Waals surface area contributed by atoms with Crippen LogP contribution in [0, 0.1) is 0 Å². The summed E-state index contributed by atoms with van der Waals surface area (Å²) in [5.41, 5.74) is 0.618. The number of Topliss-reactive ketones (excluding diaryl/α,β-unsaturated/α-hetero) is 1. The second-order valence-corrected chi connectivity index (χ2v) is 5.37. The average Bonchev–Trinajstić information content (AvgIpc) is 3.23. The summed E-state index contributed by atoms with van der Waals surface area (Å²) < 4.78 is 10.1. The van der Waals surface area contributed by atoms with Crippen LogP contribution in [0.2, 0.25) is 0 Å². The summed E-state index contributed by atoms with van der Waals surface area (Å²) in [4.78, 5) is 30.7. The van der Waals surface area contributed by atoms with E-state index < -0.39 is 5.97 Å². The highest BCUT2D eigenvalue weighted by Crippen LogP contribution is 2.21. The van der Waals surface area contributed by atoms with Crippen LogP contribution in [0.25, 0.3) is 10.7 Å². The van der Waals surface area contributed by atoms with Crippen molar-refractivity contribution in [2.24, 2.45) is 0 Å². The Labute approximate surface area is 128 Å². The van der Waals surface area contributed by atoms with Gasteiger partial charge in [-0.1, -0.05) is 11.2 Å². The van der Waals surface area contributed by atoms with E-state index >= 15 is 0 Å². The second-order valence-electron chi connectivity index (χ2n) is 4.42. The summed E-state index contributed by atoms with van der Waals surface area (Å²) in [5.74, 6) is -0.0638. The lowest BCUT2D eigenvalue weighted by Crippen LogP contribution is -2.05. The van der Waals surface area contributed by atoms with E-state index in [1.807, 2.05) is 17.5 Å². The van der Waals surface area contributed by atoms with Gasteiger partial charge in [-0.15, -0.1) is 11.3 Å². The zero-order valence-electron chi connectivity index (χ0n) is 11.5. The van der Waals surface area contributed by atoms with Gasteiger partial charge in [0.05, 0.1) is 4.88 Å². The van der Waals surface area contributed by atoms with E-state index in [1.54, 1.807) is 0 Å². The number of rotatable bonds is 5. The molecule has 3 heterocycles. The molecule has 0 unspecified atom stereocenters. The zero-order valence-corrected chi connectivity index (χ0v) is 12.3. The monoisotopic (exact) mass is 317 g/mol. The SMILES string of the molecule is CC(=O)c1c[nH]c(C(=O)OCc2nc(-c3cccs3)no2)c1. The van der Waals surface area contributed by atoms with Gasteiger partial charge in [-0.2, -0.15) is 4.98 Å². The first-order valence-corrected chi connectivity index (χ1v) is 7.24. The number of ketones is 1. The van der Waals surface area contributed by atoms with E-state index in [0.29, 0.717) is 11.4 Å². The third-order valence-corrected chi connectivity index (χ3v) is 3.71. The first-order valence-electron chi connectivity index (χ1n) is 6.36. The van der Waals surface area contributed by atoms with Crippen molar-refractivity contribution in [1.29, 1.82) is 0 Å². The Morgan fingerprint density at radius 3 is 3.00 bits per heavy atom. The number of aromatic nitrogens is 3. The Bertz CT molecular complexity index is 804. The van der Waals surface area contributed by atoms with Crippen molar-refractivity contribution in [2.45, 2.75) is 13.5 Å². The molecule has 22 heavy (non-hydrogen) atoms. The largest absolute Gasteiger partial charge is 0.451 e. The van der Waals surface area contributed by atoms with Crippen molar-refractivity contribution in [1.82, 2.24) is 15.1 Å². The molecule has 8 heteroatoms. The number of ether oxygens (including phenoxy) is 1. The first-order chi connectivity index (χ1) is 10.6. The molecular formula is C14H11N3O4S. The van der Waals surface area contributed by atoms with Crippen LogP contribution in [0.1, 0.15) is 33.7 Å². The van der Waals surface area contributed by atoms with Gasteiger partial charge in [-0.05, 0) is 24.4 Å². The molecule has 3 rings (SSSR count). The van der Waals surface area contributed by atoms with Crippen molar-refractivity contribution in [3.8, 4) is 10.7 Å². The molecule has 112 valence electrons. The smallest absolute Gasteiger partial charge is 0.355 e. The molecule has 0 aromatic carbocycles. The van der Waals surface area contributed by atoms with Gasteiger partial charge in [0.25, 0.3) is 5.89 Å². The van der Waals surface area contributed by atoms with Crippen LogP contribution in [-0.4, -0.2) is 26.9 Å². The maximum atomic E-state index is 11.8. The minimum atomic E-state index is -0.594. The maximum absolute atomic E-state index is 11.8. The van der Waals surface area contributed by atoms with Crippen LogP contribution in [0.5, 0.6) is 0 Å². The van der Waals surface area contributed by atoms with Gasteiger partial charge < -0.3 is 14.2 Å². The molecule has 0 aliphatic carbocycles. The molecular weight excluding hydrogens is 306 g/mol. The van der Waals surface area contributed by atoms with E-state index in [1.165, 1.54) is 30.5 Å². The van der Waals surface area contributed by atoms with Crippen molar-refractivity contribution in [3.63, 3.8) is 0 Å². The lowest BCUT2D eigenvalue weighted by Gasteiger charge is -1.98. The molecule has 0 saturated carbocycles. The quantitative estimate of drug-likeness (QED) is 0.574. The summed E-state index contributed by atoms with van der Waals surface area (Å²) in [6.45, 7) is 1.29. The molecule has 1 N–H and O–H groups in total. The summed E-state index contributed by atoms with van der Waals surface area (Å²) in [7, 11) is 0. The van der Waals surface area contributed by atoms with Crippen LogP contribution in [0.4, 0.5) is 0 Å². The number of nitrogens with zero attached hydrogens (tertiary/aromatic N) is 2. The molecule has 0 bridgehead atoms. The van der Waals surface area contributed by atoms with Crippen LogP contribution < -0.4 is 0 Å². The molecule has 0 aliphatic heterocycles. The van der Waals surface area contributed by atoms with E-state index in [4.69, 9.17) is 9.26 Å². The number of hydrogen-bond donors (Lipinski definition) is 1. The van der Waals surface area contributed by atoms with Gasteiger partial charge in [-0.25, -0.2) is 4.79 Å². The normalized spacial score (nSPS) is 10.6. The van der Waals surface area contributed by atoms with Gasteiger partial charge >= 0.3 is 5.97 Å². The summed E-state index contributed by atoms with van der Waals surface area (Å²) >= 11 is 1.49. The van der Waals surface area contributed by atoms with E-state index in [2.05, 4.69) is 15.1 Å². The highest BCUT2D eigenvalue weighted by atomic mass is 32.1. The molecule has 0 radical (unpaired) electrons. The minimum Gasteiger partial charge on any atom is -0.451 e. The average molecular weight is 317 g/mol. The number of nitrogens with one attached hydrogen (secondary N) is 1. The maximum Gasteiger partial charge on any atom is 0.355 e. The third-order valence-electron chi connectivity index (χ3n) is 2.85. The number of esters is 1. The molecule has 0 fully saturated rings. The fraction of sp³-hybridized carbons (Fsp3) is 0.143. The fourth-order valence-electron chi connectivity index (χ4n) is 1.74. The molecule has 0 saturated heterocycles. The second kappa shape index (κ2) is 5.94. The van der Waals surface area contributed by atoms with E-state index in [0.717, 1.165) is 4.88 Å². The van der Waals surface area contributed by atoms with Crippen LogP contribution >= 0.6 is 11.3 Å². The van der Waals surface area contributed by atoms with Crippen LogP contribution in [-0.2, 0) is 11.3 Å². The molecule has 3 aromatic rings. The summed E-state index contributed by atoms with van der Waals surface area (Å²) in [5, 5.41) is 5.72. The number of H-pyrrole nitrogens is 1. The lowest BCUT2D eigenvalue weighted by molar-refractivity contribution is 0.0423.